The maximum absolute atomic E-state index is 6.25. The van der Waals surface area contributed by atoms with E-state index in [1.54, 1.807) is 0 Å². The summed E-state index contributed by atoms with van der Waals surface area (Å²) in [7, 11) is 0. The van der Waals surface area contributed by atoms with Gasteiger partial charge >= 0.3 is 0 Å². The molecule has 2 rings (SSSR count). The van der Waals surface area contributed by atoms with Gasteiger partial charge in [-0.05, 0) is 30.5 Å². The van der Waals surface area contributed by atoms with Crippen molar-refractivity contribution in [3.63, 3.8) is 0 Å². The normalized spacial score (nSPS) is 12.0. The predicted octanol–water partition coefficient (Wildman–Crippen LogP) is 6.95. The van der Waals surface area contributed by atoms with E-state index < -0.39 is 0 Å². The highest BCUT2D eigenvalue weighted by molar-refractivity contribution is 5.24. The molecule has 0 aliphatic rings. The van der Waals surface area contributed by atoms with Crippen LogP contribution in [0.3, 0.4) is 0 Å². The molecule has 0 aromatic heterocycles. The summed E-state index contributed by atoms with van der Waals surface area (Å²) in [6.07, 6.45) is 10.6. The molecule has 0 saturated heterocycles. The van der Waals surface area contributed by atoms with E-state index in [2.05, 4.69) is 37.3 Å². The van der Waals surface area contributed by atoms with E-state index in [9.17, 15) is 0 Å². The Morgan fingerprint density at radius 3 is 1.91 bits per heavy atom. The second kappa shape index (κ2) is 10.9. The Bertz CT molecular complexity index is 506. The second-order valence-electron chi connectivity index (χ2n) is 6.24. The molecule has 0 fully saturated rings. The third-order valence-electron chi connectivity index (χ3n) is 4.26. The summed E-state index contributed by atoms with van der Waals surface area (Å²) >= 11 is 0. The van der Waals surface area contributed by atoms with Crippen LogP contribution in [-0.2, 0) is 0 Å². The van der Waals surface area contributed by atoms with Crippen molar-refractivity contribution < 1.29 is 4.74 Å². The minimum Gasteiger partial charge on any atom is -0.486 e. The lowest BCUT2D eigenvalue weighted by Crippen LogP contribution is -2.07. The molecule has 0 bridgehead atoms. The van der Waals surface area contributed by atoms with Crippen LogP contribution in [0.15, 0.2) is 60.7 Å². The first-order valence-corrected chi connectivity index (χ1v) is 9.17. The Balaban J connectivity index is 1.82. The van der Waals surface area contributed by atoms with E-state index in [0.29, 0.717) is 0 Å². The first kappa shape index (κ1) is 17.6. The molecule has 0 spiro atoms. The van der Waals surface area contributed by atoms with Crippen LogP contribution >= 0.6 is 0 Å². The Kier molecular flexibility index (Phi) is 8.32. The Morgan fingerprint density at radius 1 is 0.696 bits per heavy atom. The van der Waals surface area contributed by atoms with Crippen LogP contribution in [-0.4, -0.2) is 0 Å². The SMILES string of the molecule is CCCCCCCCCC(Oc1ccccc1)c1ccccc1. The first-order valence-electron chi connectivity index (χ1n) is 9.17. The van der Waals surface area contributed by atoms with Crippen molar-refractivity contribution in [1.82, 2.24) is 0 Å². The average Bonchev–Trinajstić information content (AvgIpc) is 2.61. The van der Waals surface area contributed by atoms with E-state index in [1.807, 2.05) is 30.3 Å². The molecule has 2 aromatic carbocycles. The van der Waals surface area contributed by atoms with Gasteiger partial charge in [0.1, 0.15) is 11.9 Å². The summed E-state index contributed by atoms with van der Waals surface area (Å²) in [5.41, 5.74) is 1.28. The molecule has 1 heteroatoms. The van der Waals surface area contributed by atoms with Gasteiger partial charge in [0.25, 0.3) is 0 Å². The van der Waals surface area contributed by atoms with Gasteiger partial charge in [0.05, 0.1) is 0 Å². The maximum atomic E-state index is 6.25. The second-order valence-corrected chi connectivity index (χ2v) is 6.24. The molecule has 1 nitrogen and oxygen atoms in total. The molecule has 1 atom stereocenters. The topological polar surface area (TPSA) is 9.23 Å². The maximum Gasteiger partial charge on any atom is 0.124 e. The minimum atomic E-state index is 0.161. The fourth-order valence-electron chi connectivity index (χ4n) is 2.91. The summed E-state index contributed by atoms with van der Waals surface area (Å²) in [4.78, 5) is 0. The van der Waals surface area contributed by atoms with Gasteiger partial charge in [0, 0.05) is 0 Å². The van der Waals surface area contributed by atoms with E-state index in [4.69, 9.17) is 4.74 Å². The first-order chi connectivity index (χ1) is 11.4. The van der Waals surface area contributed by atoms with E-state index >= 15 is 0 Å². The van der Waals surface area contributed by atoms with Gasteiger partial charge < -0.3 is 4.74 Å². The fraction of sp³-hybridized carbons (Fsp3) is 0.455. The number of ether oxygens (including phenoxy) is 1. The van der Waals surface area contributed by atoms with Crippen molar-refractivity contribution in [2.24, 2.45) is 0 Å². The number of para-hydroxylation sites is 1. The summed E-state index contributed by atoms with van der Waals surface area (Å²) < 4.78 is 6.25. The van der Waals surface area contributed by atoms with Crippen LogP contribution < -0.4 is 4.74 Å². The quantitative estimate of drug-likeness (QED) is 0.408. The van der Waals surface area contributed by atoms with Gasteiger partial charge in [-0.2, -0.15) is 0 Å². The van der Waals surface area contributed by atoms with E-state index in [1.165, 1.54) is 50.5 Å². The molecule has 0 radical (unpaired) electrons. The monoisotopic (exact) mass is 310 g/mol. The molecular weight excluding hydrogens is 280 g/mol. The molecule has 124 valence electrons. The van der Waals surface area contributed by atoms with Crippen molar-refractivity contribution >= 4 is 0 Å². The van der Waals surface area contributed by atoms with Gasteiger partial charge in [-0.3, -0.25) is 0 Å². The lowest BCUT2D eigenvalue weighted by Gasteiger charge is -2.19. The molecule has 0 saturated carbocycles. The largest absolute Gasteiger partial charge is 0.486 e. The van der Waals surface area contributed by atoms with Crippen molar-refractivity contribution in [3.8, 4) is 5.75 Å². The van der Waals surface area contributed by atoms with Gasteiger partial charge in [0.15, 0.2) is 0 Å². The number of unbranched alkanes of at least 4 members (excludes halogenated alkanes) is 6. The molecular formula is C22H30O. The Hall–Kier alpha value is -1.76. The zero-order chi connectivity index (χ0) is 16.2. The third-order valence-corrected chi connectivity index (χ3v) is 4.26. The molecule has 23 heavy (non-hydrogen) atoms. The third kappa shape index (κ3) is 6.90. The van der Waals surface area contributed by atoms with Crippen LogP contribution in [0.2, 0.25) is 0 Å². The van der Waals surface area contributed by atoms with Gasteiger partial charge in [0.2, 0.25) is 0 Å². The van der Waals surface area contributed by atoms with Crippen molar-refractivity contribution in [2.75, 3.05) is 0 Å². The lowest BCUT2D eigenvalue weighted by atomic mass is 10.0. The Morgan fingerprint density at radius 2 is 1.26 bits per heavy atom. The fourth-order valence-corrected chi connectivity index (χ4v) is 2.91. The summed E-state index contributed by atoms with van der Waals surface area (Å²) in [6.45, 7) is 2.27. The van der Waals surface area contributed by atoms with Crippen LogP contribution in [0.1, 0.15) is 70.0 Å². The molecule has 0 heterocycles. The minimum absolute atomic E-state index is 0.161. The van der Waals surface area contributed by atoms with Gasteiger partial charge in [-0.25, -0.2) is 0 Å². The molecule has 1 unspecified atom stereocenters. The zero-order valence-corrected chi connectivity index (χ0v) is 14.4. The summed E-state index contributed by atoms with van der Waals surface area (Å²) in [5.74, 6) is 0.962. The average molecular weight is 310 g/mol. The highest BCUT2D eigenvalue weighted by atomic mass is 16.5. The molecule has 2 aromatic rings. The Labute approximate surface area is 141 Å². The molecule has 0 amide bonds. The zero-order valence-electron chi connectivity index (χ0n) is 14.4. The van der Waals surface area contributed by atoms with E-state index in [0.717, 1.165) is 12.2 Å². The lowest BCUT2D eigenvalue weighted by molar-refractivity contribution is 0.190. The summed E-state index contributed by atoms with van der Waals surface area (Å²) in [5, 5.41) is 0. The highest BCUT2D eigenvalue weighted by Gasteiger charge is 2.12. The van der Waals surface area contributed by atoms with Crippen molar-refractivity contribution in [3.05, 3.63) is 66.2 Å². The van der Waals surface area contributed by atoms with Crippen LogP contribution in [0.25, 0.3) is 0 Å². The van der Waals surface area contributed by atoms with Crippen molar-refractivity contribution in [2.45, 2.75) is 64.4 Å². The number of rotatable bonds is 11. The van der Waals surface area contributed by atoms with Gasteiger partial charge in [-0.15, -0.1) is 0 Å². The summed E-state index contributed by atoms with van der Waals surface area (Å²) in [6, 6.07) is 20.8. The number of benzene rings is 2. The van der Waals surface area contributed by atoms with Crippen LogP contribution in [0.5, 0.6) is 5.75 Å². The predicted molar refractivity (Wildman–Crippen MR) is 98.9 cm³/mol. The molecule has 0 N–H and O–H groups in total. The van der Waals surface area contributed by atoms with Crippen LogP contribution in [0.4, 0.5) is 0 Å². The van der Waals surface area contributed by atoms with Crippen molar-refractivity contribution in [1.29, 1.82) is 0 Å². The standard InChI is InChI=1S/C22H30O/c1-2-3-4-5-6-7-14-19-22(20-15-10-8-11-16-20)23-21-17-12-9-13-18-21/h8-13,15-18,22H,2-7,14,19H2,1H3. The highest BCUT2D eigenvalue weighted by Crippen LogP contribution is 2.26. The number of hydrogen-bond donors (Lipinski definition) is 0. The van der Waals surface area contributed by atoms with Gasteiger partial charge in [-0.1, -0.05) is 94.0 Å². The molecule has 0 aliphatic carbocycles. The smallest absolute Gasteiger partial charge is 0.124 e. The van der Waals surface area contributed by atoms with E-state index in [-0.39, 0.29) is 6.10 Å². The number of hydrogen-bond acceptors (Lipinski definition) is 1. The van der Waals surface area contributed by atoms with Crippen LogP contribution in [0, 0.1) is 0 Å². The molecule has 0 aliphatic heterocycles.